The van der Waals surface area contributed by atoms with Crippen LogP contribution in [0.15, 0.2) is 18.3 Å². The number of hydrogen-bond donors (Lipinski definition) is 0. The van der Waals surface area contributed by atoms with E-state index >= 15 is 0 Å². The zero-order chi connectivity index (χ0) is 7.40. The Labute approximate surface area is 70.4 Å². The third kappa shape index (κ3) is 2.15. The van der Waals surface area contributed by atoms with Gasteiger partial charge in [0.1, 0.15) is 0 Å². The molecule has 0 aliphatic rings. The molecule has 0 aliphatic heterocycles. The van der Waals surface area contributed by atoms with Crippen molar-refractivity contribution in [3.63, 3.8) is 0 Å². The van der Waals surface area contributed by atoms with E-state index in [0.29, 0.717) is 0 Å². The van der Waals surface area contributed by atoms with Crippen LogP contribution in [0.25, 0.3) is 0 Å². The van der Waals surface area contributed by atoms with Crippen molar-refractivity contribution in [2.75, 3.05) is 0 Å². The summed E-state index contributed by atoms with van der Waals surface area (Å²) in [5, 5.41) is 0. The number of nitrogens with zero attached hydrogens (tertiary/aromatic N) is 1. The topological polar surface area (TPSA) is 12.9 Å². The van der Waals surface area contributed by atoms with Crippen LogP contribution in [0.2, 0.25) is 0 Å². The van der Waals surface area contributed by atoms with Crippen LogP contribution in [0.4, 0.5) is 0 Å². The van der Waals surface area contributed by atoms with Gasteiger partial charge in [-0.25, -0.2) is 0 Å². The molecule has 2 heteroatoms. The molecule has 1 nitrogen and oxygen atoms in total. The van der Waals surface area contributed by atoms with Crippen LogP contribution in [0.1, 0.15) is 18.9 Å². The van der Waals surface area contributed by atoms with Crippen molar-refractivity contribution >= 4 is 21.3 Å². The predicted molar refractivity (Wildman–Crippen MR) is 43.6 cm³/mol. The van der Waals surface area contributed by atoms with E-state index in [1.807, 2.05) is 12.3 Å². The van der Waals surface area contributed by atoms with Crippen molar-refractivity contribution < 1.29 is 0 Å². The molecule has 1 rings (SSSR count). The molecule has 0 N–H and O–H groups in total. The zero-order valence-electron chi connectivity index (χ0n) is 6.04. The van der Waals surface area contributed by atoms with E-state index in [0.717, 1.165) is 10.9 Å². The molecule has 0 fully saturated rings. The van der Waals surface area contributed by atoms with Gasteiger partial charge in [-0.05, 0) is 0 Å². The molecule has 10 heavy (non-hydrogen) atoms. The summed E-state index contributed by atoms with van der Waals surface area (Å²) in [6.07, 6.45) is 4.27. The van der Waals surface area contributed by atoms with Gasteiger partial charge in [-0.15, -0.1) is 0 Å². The fraction of sp³-hybridized carbons (Fsp3) is 0.375. The summed E-state index contributed by atoms with van der Waals surface area (Å²) in [6.45, 7) is 2.18. The molecule has 0 saturated heterocycles. The van der Waals surface area contributed by atoms with E-state index in [1.54, 1.807) is 0 Å². The third-order valence-electron chi connectivity index (χ3n) is 1.35. The monoisotopic (exact) mass is 195 g/mol. The normalized spacial score (nSPS) is 9.80. The van der Waals surface area contributed by atoms with E-state index in [4.69, 9.17) is 0 Å². The quantitative estimate of drug-likeness (QED) is 0.637. The average molecular weight is 195 g/mol. The van der Waals surface area contributed by atoms with Crippen molar-refractivity contribution in [2.45, 2.75) is 19.8 Å². The van der Waals surface area contributed by atoms with E-state index in [9.17, 15) is 0 Å². The van der Waals surface area contributed by atoms with Crippen molar-refractivity contribution in [3.8, 4) is 0 Å². The number of pyridine rings is 1. The second-order valence-corrected chi connectivity index (χ2v) is 3.24. The minimum absolute atomic E-state index is 1.03. The Balaban J connectivity index is 2.69. The molecule has 1 heterocycles. The van der Waals surface area contributed by atoms with E-state index in [-0.39, 0.29) is 0 Å². The molecule has 0 atom stereocenters. The first-order valence-corrected chi connectivity index (χ1v) is 4.40. The summed E-state index contributed by atoms with van der Waals surface area (Å²) < 4.78 is 1.03. The van der Waals surface area contributed by atoms with Crippen molar-refractivity contribution in [1.82, 2.24) is 4.98 Å². The summed E-state index contributed by atoms with van der Waals surface area (Å²) in [5.41, 5.74) is 1.33. The van der Waals surface area contributed by atoms with Gasteiger partial charge < -0.3 is 0 Å². The first kappa shape index (κ1) is 7.81. The fourth-order valence-electron chi connectivity index (χ4n) is 0.853. The van der Waals surface area contributed by atoms with Crippen LogP contribution in [-0.2, 0) is 6.42 Å². The van der Waals surface area contributed by atoms with Gasteiger partial charge in [0.25, 0.3) is 0 Å². The molecular formula is C8H10AsN. The molecule has 0 aliphatic carbocycles. The van der Waals surface area contributed by atoms with Gasteiger partial charge in [0.15, 0.2) is 0 Å². The van der Waals surface area contributed by atoms with E-state index in [1.165, 1.54) is 12.0 Å². The Kier molecular flexibility index (Phi) is 2.95. The SMILES string of the molecule is CCCc1ccc([As])nc1. The number of aryl methyl sites for hydroxylation is 1. The molecule has 52 valence electrons. The summed E-state index contributed by atoms with van der Waals surface area (Å²) in [6, 6.07) is 4.16. The van der Waals surface area contributed by atoms with Gasteiger partial charge in [0.05, 0.1) is 0 Å². The summed E-state index contributed by atoms with van der Waals surface area (Å²) in [7, 11) is 0. The summed E-state index contributed by atoms with van der Waals surface area (Å²) >= 11 is 2.43. The van der Waals surface area contributed by atoms with Gasteiger partial charge in [-0.2, -0.15) is 0 Å². The van der Waals surface area contributed by atoms with E-state index in [2.05, 4.69) is 34.8 Å². The number of rotatable bonds is 2. The standard InChI is InChI=1S/C8H10AsN/c1-2-3-7-4-5-8(9)10-6-7/h4-6H,2-3H2,1H3. The zero-order valence-corrected chi connectivity index (χ0v) is 7.92. The van der Waals surface area contributed by atoms with Crippen LogP contribution in [0.5, 0.6) is 0 Å². The Hall–Kier alpha value is -0.292. The van der Waals surface area contributed by atoms with Crippen LogP contribution < -0.4 is 4.48 Å². The third-order valence-corrected chi connectivity index (χ3v) is 1.90. The fourth-order valence-corrected chi connectivity index (χ4v) is 1.13. The molecule has 0 unspecified atom stereocenters. The van der Waals surface area contributed by atoms with Crippen LogP contribution in [0, 0.1) is 0 Å². The van der Waals surface area contributed by atoms with Gasteiger partial charge in [0, 0.05) is 0 Å². The maximum absolute atomic E-state index is 4.17. The Morgan fingerprint density at radius 3 is 2.80 bits per heavy atom. The molecule has 0 saturated carbocycles. The van der Waals surface area contributed by atoms with Gasteiger partial charge in [-0.3, -0.25) is 0 Å². The van der Waals surface area contributed by atoms with Gasteiger partial charge >= 0.3 is 70.0 Å². The summed E-state index contributed by atoms with van der Waals surface area (Å²) in [5.74, 6) is 0. The van der Waals surface area contributed by atoms with Gasteiger partial charge in [-0.1, -0.05) is 0 Å². The second-order valence-electron chi connectivity index (χ2n) is 2.27. The van der Waals surface area contributed by atoms with Crippen molar-refractivity contribution in [3.05, 3.63) is 23.9 Å². The summed E-state index contributed by atoms with van der Waals surface area (Å²) in [4.78, 5) is 4.17. The number of hydrogen-bond acceptors (Lipinski definition) is 1. The Morgan fingerprint density at radius 2 is 2.30 bits per heavy atom. The van der Waals surface area contributed by atoms with Crippen LogP contribution in [-0.4, -0.2) is 21.8 Å². The molecule has 0 amide bonds. The van der Waals surface area contributed by atoms with Crippen molar-refractivity contribution in [1.29, 1.82) is 0 Å². The average Bonchev–Trinajstić information content (AvgIpc) is 1.95. The number of aromatic nitrogens is 1. The molecule has 0 bridgehead atoms. The second kappa shape index (κ2) is 3.77. The van der Waals surface area contributed by atoms with Crippen LogP contribution >= 0.6 is 0 Å². The Bertz CT molecular complexity index is 193. The molecular weight excluding hydrogens is 185 g/mol. The van der Waals surface area contributed by atoms with Crippen LogP contribution in [0.3, 0.4) is 0 Å². The predicted octanol–water partition coefficient (Wildman–Crippen LogP) is 0.828. The van der Waals surface area contributed by atoms with Gasteiger partial charge in [0.2, 0.25) is 0 Å². The molecule has 1 aromatic rings. The first-order chi connectivity index (χ1) is 4.83. The molecule has 2 radical (unpaired) electrons. The van der Waals surface area contributed by atoms with E-state index < -0.39 is 0 Å². The minimum atomic E-state index is 1.03. The maximum atomic E-state index is 4.17. The first-order valence-electron chi connectivity index (χ1n) is 3.47. The molecule has 0 aromatic carbocycles. The Morgan fingerprint density at radius 1 is 1.50 bits per heavy atom. The van der Waals surface area contributed by atoms with Crippen molar-refractivity contribution in [2.24, 2.45) is 0 Å². The molecule has 1 aromatic heterocycles. The molecule has 0 spiro atoms.